The van der Waals surface area contributed by atoms with Crippen molar-refractivity contribution in [3.05, 3.63) is 66.2 Å². The molecule has 12 heteroatoms. The number of hydrogen-bond acceptors (Lipinski definition) is 8. The van der Waals surface area contributed by atoms with Crippen molar-refractivity contribution in [1.82, 2.24) is 9.97 Å². The average Bonchev–Trinajstić information content (AvgIpc) is 2.83. The van der Waals surface area contributed by atoms with Crippen molar-refractivity contribution in [3.63, 3.8) is 0 Å². The number of nitrogens with zero attached hydrogens (tertiary/aromatic N) is 2. The van der Waals surface area contributed by atoms with Gasteiger partial charge in [0.05, 0.1) is 34.2 Å². The molecule has 35 heavy (non-hydrogen) atoms. The van der Waals surface area contributed by atoms with E-state index in [0.29, 0.717) is 5.69 Å². The van der Waals surface area contributed by atoms with Crippen LogP contribution in [0.25, 0.3) is 0 Å². The molecule has 1 aliphatic carbocycles. The largest absolute Gasteiger partial charge is 0.365 e. The highest BCUT2D eigenvalue weighted by Gasteiger charge is 2.24. The van der Waals surface area contributed by atoms with Crippen LogP contribution in [0.1, 0.15) is 36.0 Å². The molecule has 1 saturated carbocycles. The van der Waals surface area contributed by atoms with Gasteiger partial charge in [0, 0.05) is 12.1 Å². The van der Waals surface area contributed by atoms with Crippen molar-refractivity contribution in [2.45, 2.75) is 42.7 Å². The highest BCUT2D eigenvalue weighted by atomic mass is 32.2. The van der Waals surface area contributed by atoms with E-state index in [0.717, 1.165) is 31.7 Å². The van der Waals surface area contributed by atoms with Crippen molar-refractivity contribution in [2.24, 2.45) is 11.5 Å². The number of benzene rings is 1. The smallest absolute Gasteiger partial charge is 0.261 e. The quantitative estimate of drug-likeness (QED) is 0.315. The standard InChI is InChI=1S/C23H26FN7O3S/c24-18-11-17(21(26)32)22(30-23(18)29-20-9-5-4-8-19(20)25)28-14-10-15(13-27-12-14)31-35(33,34)16-6-2-1-3-7-16/h1-3,6-7,10-13,19-20,31H,4-5,8-9,25H2,(H2,26,32)(H2,28,29,30)/t19-,20?/m0/s1. The number of primary amides is 1. The topological polar surface area (TPSA) is 165 Å². The first-order valence-electron chi connectivity index (χ1n) is 11.1. The van der Waals surface area contributed by atoms with Crippen LogP contribution in [0, 0.1) is 5.82 Å². The van der Waals surface area contributed by atoms with Gasteiger partial charge in [-0.1, -0.05) is 31.0 Å². The van der Waals surface area contributed by atoms with Crippen LogP contribution in [0.15, 0.2) is 59.8 Å². The minimum atomic E-state index is -3.84. The summed E-state index contributed by atoms with van der Waals surface area (Å²) >= 11 is 0. The fourth-order valence-electron chi connectivity index (χ4n) is 3.90. The molecule has 1 aliphatic rings. The molecule has 3 aromatic rings. The molecule has 0 radical (unpaired) electrons. The molecule has 1 unspecified atom stereocenters. The second-order valence-electron chi connectivity index (χ2n) is 8.28. The van der Waals surface area contributed by atoms with E-state index >= 15 is 0 Å². The summed E-state index contributed by atoms with van der Waals surface area (Å²) in [4.78, 5) is 20.3. The van der Waals surface area contributed by atoms with Gasteiger partial charge >= 0.3 is 0 Å². The number of carbonyl (C=O) groups is 1. The normalized spacial score (nSPS) is 18.0. The van der Waals surface area contributed by atoms with Crippen LogP contribution in [-0.2, 0) is 10.0 Å². The minimum Gasteiger partial charge on any atom is -0.365 e. The summed E-state index contributed by atoms with van der Waals surface area (Å²) in [5, 5.41) is 5.93. The second-order valence-corrected chi connectivity index (χ2v) is 9.97. The minimum absolute atomic E-state index is 0.00403. The lowest BCUT2D eigenvalue weighted by Crippen LogP contribution is -2.43. The third-order valence-corrected chi connectivity index (χ3v) is 7.09. The Bertz CT molecular complexity index is 1320. The number of nitrogens with two attached hydrogens (primary N) is 2. The Balaban J connectivity index is 1.60. The highest BCUT2D eigenvalue weighted by molar-refractivity contribution is 7.92. The summed E-state index contributed by atoms with van der Waals surface area (Å²) in [6.45, 7) is 0. The molecule has 0 aliphatic heterocycles. The van der Waals surface area contributed by atoms with Gasteiger partial charge in [0.1, 0.15) is 5.82 Å². The average molecular weight is 500 g/mol. The fourth-order valence-corrected chi connectivity index (χ4v) is 4.96. The summed E-state index contributed by atoms with van der Waals surface area (Å²) in [6, 6.07) is 10.0. The number of sulfonamides is 1. The molecular weight excluding hydrogens is 473 g/mol. The molecule has 10 nitrogen and oxygen atoms in total. The lowest BCUT2D eigenvalue weighted by molar-refractivity contribution is 0.100. The Kier molecular flexibility index (Phi) is 7.12. The number of rotatable bonds is 8. The van der Waals surface area contributed by atoms with E-state index in [1.165, 1.54) is 30.6 Å². The summed E-state index contributed by atoms with van der Waals surface area (Å²) in [5.74, 6) is -1.68. The number of amides is 1. The van der Waals surface area contributed by atoms with Crippen LogP contribution in [0.3, 0.4) is 0 Å². The van der Waals surface area contributed by atoms with E-state index in [9.17, 15) is 17.6 Å². The zero-order valence-electron chi connectivity index (χ0n) is 18.7. The Morgan fingerprint density at radius 2 is 1.74 bits per heavy atom. The molecule has 1 amide bonds. The van der Waals surface area contributed by atoms with Gasteiger partial charge in [-0.05, 0) is 37.1 Å². The van der Waals surface area contributed by atoms with Crippen molar-refractivity contribution in [3.8, 4) is 0 Å². The first kappa shape index (κ1) is 24.4. The van der Waals surface area contributed by atoms with Gasteiger partial charge in [0.25, 0.3) is 15.9 Å². The van der Waals surface area contributed by atoms with Gasteiger partial charge in [0.2, 0.25) is 0 Å². The molecule has 1 aromatic carbocycles. The first-order chi connectivity index (χ1) is 16.7. The molecule has 2 aromatic heterocycles. The Morgan fingerprint density at radius 1 is 1.03 bits per heavy atom. The molecule has 0 spiro atoms. The monoisotopic (exact) mass is 499 g/mol. The molecule has 184 valence electrons. The van der Waals surface area contributed by atoms with E-state index < -0.39 is 21.7 Å². The number of carbonyl (C=O) groups excluding carboxylic acids is 1. The first-order valence-corrected chi connectivity index (χ1v) is 12.5. The molecule has 2 atom stereocenters. The third-order valence-electron chi connectivity index (χ3n) is 5.69. The van der Waals surface area contributed by atoms with Crippen molar-refractivity contribution in [2.75, 3.05) is 15.4 Å². The van der Waals surface area contributed by atoms with Gasteiger partial charge < -0.3 is 22.1 Å². The maximum absolute atomic E-state index is 14.7. The van der Waals surface area contributed by atoms with Gasteiger partial charge in [0.15, 0.2) is 11.6 Å². The predicted octanol–water partition coefficient (Wildman–Crippen LogP) is 2.94. The second kappa shape index (κ2) is 10.2. The van der Waals surface area contributed by atoms with Crippen molar-refractivity contribution >= 4 is 38.9 Å². The van der Waals surface area contributed by atoms with Crippen LogP contribution in [0.4, 0.5) is 27.4 Å². The molecule has 4 rings (SSSR count). The van der Waals surface area contributed by atoms with Gasteiger partial charge in [-0.2, -0.15) is 0 Å². The number of aromatic nitrogens is 2. The number of nitrogens with one attached hydrogen (secondary N) is 3. The van der Waals surface area contributed by atoms with Crippen LogP contribution in [0.5, 0.6) is 0 Å². The Morgan fingerprint density at radius 3 is 2.46 bits per heavy atom. The number of anilines is 4. The number of pyridine rings is 2. The SMILES string of the molecule is NC(=O)c1cc(F)c(NC2CCCC[C@@H]2N)nc1Nc1cncc(NS(=O)(=O)c2ccccc2)c1. The molecule has 1 fully saturated rings. The maximum atomic E-state index is 14.7. The van der Waals surface area contributed by atoms with Gasteiger partial charge in [-0.3, -0.25) is 14.5 Å². The molecule has 0 bridgehead atoms. The molecule has 0 saturated heterocycles. The van der Waals surface area contributed by atoms with E-state index in [1.54, 1.807) is 18.2 Å². The zero-order valence-corrected chi connectivity index (χ0v) is 19.6. The molecule has 7 N–H and O–H groups in total. The molecular formula is C23H26FN7O3S. The number of halogens is 1. The van der Waals surface area contributed by atoms with Crippen LogP contribution in [0.2, 0.25) is 0 Å². The fraction of sp³-hybridized carbons (Fsp3) is 0.261. The number of hydrogen-bond donors (Lipinski definition) is 5. The van der Waals surface area contributed by atoms with E-state index in [-0.39, 0.29) is 39.9 Å². The van der Waals surface area contributed by atoms with E-state index in [2.05, 4.69) is 25.3 Å². The summed E-state index contributed by atoms with van der Waals surface area (Å²) in [5.41, 5.74) is 11.9. The van der Waals surface area contributed by atoms with E-state index in [4.69, 9.17) is 11.5 Å². The van der Waals surface area contributed by atoms with Crippen molar-refractivity contribution < 1.29 is 17.6 Å². The summed E-state index contributed by atoms with van der Waals surface area (Å²) in [6.07, 6.45) is 6.31. The zero-order chi connectivity index (χ0) is 25.0. The van der Waals surface area contributed by atoms with Gasteiger partial charge in [-0.15, -0.1) is 0 Å². The predicted molar refractivity (Wildman–Crippen MR) is 131 cm³/mol. The van der Waals surface area contributed by atoms with Gasteiger partial charge in [-0.25, -0.2) is 17.8 Å². The van der Waals surface area contributed by atoms with Crippen LogP contribution in [-0.4, -0.2) is 36.4 Å². The van der Waals surface area contributed by atoms with Crippen molar-refractivity contribution in [1.29, 1.82) is 0 Å². The summed E-state index contributed by atoms with van der Waals surface area (Å²) in [7, 11) is -3.84. The summed E-state index contributed by atoms with van der Waals surface area (Å²) < 4.78 is 42.4. The lowest BCUT2D eigenvalue weighted by atomic mass is 9.91. The highest BCUT2D eigenvalue weighted by Crippen LogP contribution is 2.27. The van der Waals surface area contributed by atoms with Crippen LogP contribution < -0.4 is 26.8 Å². The Labute approximate surface area is 202 Å². The van der Waals surface area contributed by atoms with E-state index in [1.807, 2.05) is 0 Å². The Hall–Kier alpha value is -3.77. The third kappa shape index (κ3) is 5.84. The lowest BCUT2D eigenvalue weighted by Gasteiger charge is -2.30. The molecule has 2 heterocycles. The maximum Gasteiger partial charge on any atom is 0.261 e. The van der Waals surface area contributed by atoms with Crippen LogP contribution >= 0.6 is 0 Å².